The van der Waals surface area contributed by atoms with Crippen LogP contribution in [0.2, 0.25) is 0 Å². The molecule has 0 heterocycles. The third-order valence-corrected chi connectivity index (χ3v) is 4.45. The van der Waals surface area contributed by atoms with Crippen LogP contribution in [0, 0.1) is 11.3 Å². The number of nitriles is 1. The highest BCUT2D eigenvalue weighted by Crippen LogP contribution is 2.15. The number of anilines is 1. The first-order chi connectivity index (χ1) is 13.8. The minimum atomic E-state index is -0.689. The Morgan fingerprint density at radius 1 is 1.07 bits per heavy atom. The molecule has 0 saturated heterocycles. The Balaban J connectivity index is 2.09. The lowest BCUT2D eigenvalue weighted by Gasteiger charge is -2.24. The van der Waals surface area contributed by atoms with Gasteiger partial charge in [-0.1, -0.05) is 24.3 Å². The van der Waals surface area contributed by atoms with Gasteiger partial charge < -0.3 is 20.9 Å². The number of nitrogens with two attached hydrogens (primary N) is 1. The number of likely N-dealkylation sites (N-methyl/N-ethyl adjacent to an activating group) is 1. The van der Waals surface area contributed by atoms with Crippen LogP contribution >= 0.6 is 0 Å². The van der Waals surface area contributed by atoms with Crippen molar-refractivity contribution in [3.05, 3.63) is 65.2 Å². The quantitative estimate of drug-likeness (QED) is 0.702. The van der Waals surface area contributed by atoms with Crippen LogP contribution in [0.3, 0.4) is 0 Å². The summed E-state index contributed by atoms with van der Waals surface area (Å²) in [6.07, 6.45) is 0. The number of carbonyl (C=O) groups is 2. The maximum atomic E-state index is 12.8. The molecule has 0 spiro atoms. The SMILES string of the molecule is CC(N)c1ccc(NC(=O)C(=O)N(CCN(C)C)Cc2ccc(C#N)cc2)cc1. The van der Waals surface area contributed by atoms with Crippen LogP contribution in [0.1, 0.15) is 29.7 Å². The van der Waals surface area contributed by atoms with Gasteiger partial charge >= 0.3 is 11.8 Å². The summed E-state index contributed by atoms with van der Waals surface area (Å²) in [6.45, 7) is 3.19. The zero-order valence-electron chi connectivity index (χ0n) is 17.1. The Hall–Kier alpha value is -3.21. The summed E-state index contributed by atoms with van der Waals surface area (Å²) in [6, 6.07) is 16.1. The van der Waals surface area contributed by atoms with Crippen LogP contribution < -0.4 is 11.1 Å². The summed E-state index contributed by atoms with van der Waals surface area (Å²) in [5.74, 6) is -1.29. The molecule has 0 aromatic heterocycles. The van der Waals surface area contributed by atoms with Crippen molar-refractivity contribution < 1.29 is 9.59 Å². The third kappa shape index (κ3) is 6.71. The van der Waals surface area contributed by atoms with E-state index in [1.54, 1.807) is 36.4 Å². The summed E-state index contributed by atoms with van der Waals surface area (Å²) < 4.78 is 0. The van der Waals surface area contributed by atoms with Gasteiger partial charge in [0.1, 0.15) is 0 Å². The fraction of sp³-hybridized carbons (Fsp3) is 0.318. The van der Waals surface area contributed by atoms with Gasteiger partial charge in [-0.15, -0.1) is 0 Å². The highest BCUT2D eigenvalue weighted by molar-refractivity contribution is 6.39. The zero-order valence-corrected chi connectivity index (χ0v) is 17.1. The highest BCUT2D eigenvalue weighted by atomic mass is 16.2. The molecule has 0 aliphatic rings. The Morgan fingerprint density at radius 2 is 1.69 bits per heavy atom. The monoisotopic (exact) mass is 393 g/mol. The molecule has 0 aliphatic carbocycles. The number of hydrogen-bond donors (Lipinski definition) is 2. The van der Waals surface area contributed by atoms with Gasteiger partial charge in [-0.2, -0.15) is 5.26 Å². The van der Waals surface area contributed by atoms with Gasteiger partial charge in [0.05, 0.1) is 11.6 Å². The average molecular weight is 393 g/mol. The van der Waals surface area contributed by atoms with E-state index in [9.17, 15) is 9.59 Å². The molecule has 1 unspecified atom stereocenters. The number of nitrogens with one attached hydrogen (secondary N) is 1. The molecule has 1 atom stereocenters. The van der Waals surface area contributed by atoms with Crippen molar-refractivity contribution in [1.82, 2.24) is 9.80 Å². The summed E-state index contributed by atoms with van der Waals surface area (Å²) in [7, 11) is 3.81. The number of hydrogen-bond acceptors (Lipinski definition) is 5. The normalized spacial score (nSPS) is 11.6. The van der Waals surface area contributed by atoms with E-state index in [2.05, 4.69) is 11.4 Å². The molecular formula is C22H27N5O2. The summed E-state index contributed by atoms with van der Waals surface area (Å²) in [5, 5.41) is 11.6. The third-order valence-electron chi connectivity index (χ3n) is 4.45. The van der Waals surface area contributed by atoms with Crippen LogP contribution in [0.25, 0.3) is 0 Å². The molecule has 2 rings (SSSR count). The van der Waals surface area contributed by atoms with Gasteiger partial charge in [0.2, 0.25) is 0 Å². The molecule has 0 bridgehead atoms. The predicted octanol–water partition coefficient (Wildman–Crippen LogP) is 2.11. The number of nitrogens with zero attached hydrogens (tertiary/aromatic N) is 3. The molecule has 29 heavy (non-hydrogen) atoms. The number of amides is 2. The topological polar surface area (TPSA) is 102 Å². The predicted molar refractivity (Wildman–Crippen MR) is 113 cm³/mol. The second-order valence-corrected chi connectivity index (χ2v) is 7.20. The molecule has 0 aliphatic heterocycles. The Morgan fingerprint density at radius 3 is 2.21 bits per heavy atom. The van der Waals surface area contributed by atoms with Crippen LogP contribution in [0.15, 0.2) is 48.5 Å². The van der Waals surface area contributed by atoms with Gasteiger partial charge in [0.25, 0.3) is 0 Å². The first-order valence-corrected chi connectivity index (χ1v) is 9.39. The largest absolute Gasteiger partial charge is 0.329 e. The first kappa shape index (κ1) is 22.1. The van der Waals surface area contributed by atoms with E-state index < -0.39 is 11.8 Å². The van der Waals surface area contributed by atoms with Crippen molar-refractivity contribution in [3.8, 4) is 6.07 Å². The number of carbonyl (C=O) groups excluding carboxylic acids is 2. The van der Waals surface area contributed by atoms with E-state index in [1.807, 2.05) is 38.1 Å². The van der Waals surface area contributed by atoms with Gasteiger partial charge in [0.15, 0.2) is 0 Å². The van der Waals surface area contributed by atoms with Gasteiger partial charge in [0, 0.05) is 31.4 Å². The smallest absolute Gasteiger partial charge is 0.313 e. The minimum Gasteiger partial charge on any atom is -0.329 e. The lowest BCUT2D eigenvalue weighted by atomic mass is 10.1. The molecular weight excluding hydrogens is 366 g/mol. The maximum absolute atomic E-state index is 12.8. The molecule has 2 aromatic carbocycles. The fourth-order valence-electron chi connectivity index (χ4n) is 2.68. The summed E-state index contributed by atoms with van der Waals surface area (Å²) >= 11 is 0. The van der Waals surface area contributed by atoms with E-state index in [-0.39, 0.29) is 12.6 Å². The summed E-state index contributed by atoms with van der Waals surface area (Å²) in [5.41, 5.74) is 8.72. The Bertz CT molecular complexity index is 868. The second-order valence-electron chi connectivity index (χ2n) is 7.20. The van der Waals surface area contributed by atoms with Crippen molar-refractivity contribution in [3.63, 3.8) is 0 Å². The molecule has 0 saturated carbocycles. The number of benzene rings is 2. The van der Waals surface area contributed by atoms with Crippen LogP contribution in [0.5, 0.6) is 0 Å². The van der Waals surface area contributed by atoms with Gasteiger partial charge in [-0.3, -0.25) is 9.59 Å². The summed E-state index contributed by atoms with van der Waals surface area (Å²) in [4.78, 5) is 28.8. The van der Waals surface area contributed by atoms with Crippen LogP contribution in [-0.2, 0) is 16.1 Å². The van der Waals surface area contributed by atoms with Crippen molar-refractivity contribution in [2.24, 2.45) is 5.73 Å². The zero-order chi connectivity index (χ0) is 21.4. The molecule has 3 N–H and O–H groups in total. The molecule has 0 radical (unpaired) electrons. The lowest BCUT2D eigenvalue weighted by Crippen LogP contribution is -2.42. The molecule has 2 amide bonds. The van der Waals surface area contributed by atoms with Crippen LogP contribution in [0.4, 0.5) is 5.69 Å². The second kappa shape index (κ2) is 10.4. The standard InChI is InChI=1S/C22H27N5O2/c1-16(24)19-8-10-20(11-9-19)25-21(28)22(29)27(13-12-26(2)3)15-18-6-4-17(14-23)5-7-18/h4-11,16H,12-13,15,24H2,1-3H3,(H,25,28). The van der Waals surface area contributed by atoms with Crippen molar-refractivity contribution >= 4 is 17.5 Å². The molecule has 152 valence electrons. The Labute approximate surface area is 171 Å². The maximum Gasteiger partial charge on any atom is 0.313 e. The van der Waals surface area contributed by atoms with E-state index in [0.29, 0.717) is 24.3 Å². The van der Waals surface area contributed by atoms with Crippen molar-refractivity contribution in [1.29, 1.82) is 5.26 Å². The van der Waals surface area contributed by atoms with E-state index in [0.717, 1.165) is 11.1 Å². The number of rotatable bonds is 7. The lowest BCUT2D eigenvalue weighted by molar-refractivity contribution is -0.143. The van der Waals surface area contributed by atoms with E-state index >= 15 is 0 Å². The molecule has 7 heteroatoms. The first-order valence-electron chi connectivity index (χ1n) is 9.39. The van der Waals surface area contributed by atoms with Crippen molar-refractivity contribution in [2.75, 3.05) is 32.5 Å². The van der Waals surface area contributed by atoms with Crippen molar-refractivity contribution in [2.45, 2.75) is 19.5 Å². The average Bonchev–Trinajstić information content (AvgIpc) is 2.71. The molecule has 2 aromatic rings. The van der Waals surface area contributed by atoms with E-state index in [4.69, 9.17) is 11.0 Å². The molecule has 0 fully saturated rings. The fourth-order valence-corrected chi connectivity index (χ4v) is 2.68. The highest BCUT2D eigenvalue weighted by Gasteiger charge is 2.22. The Kier molecular flexibility index (Phi) is 7.89. The van der Waals surface area contributed by atoms with E-state index in [1.165, 1.54) is 4.90 Å². The van der Waals surface area contributed by atoms with Crippen LogP contribution in [-0.4, -0.2) is 48.8 Å². The molecule has 7 nitrogen and oxygen atoms in total. The van der Waals surface area contributed by atoms with Gasteiger partial charge in [-0.05, 0) is 56.4 Å². The minimum absolute atomic E-state index is 0.102. The van der Waals surface area contributed by atoms with Gasteiger partial charge in [-0.25, -0.2) is 0 Å².